The first-order valence-electron chi connectivity index (χ1n) is 7.19. The van der Waals surface area contributed by atoms with E-state index in [1.807, 2.05) is 26.0 Å². The van der Waals surface area contributed by atoms with Gasteiger partial charge in [-0.25, -0.2) is 0 Å². The number of aromatic nitrogens is 1. The Kier molecular flexibility index (Phi) is 4.40. The summed E-state index contributed by atoms with van der Waals surface area (Å²) in [6.07, 6.45) is 4.42. The molecule has 0 radical (unpaired) electrons. The Balaban J connectivity index is 2.39. The van der Waals surface area contributed by atoms with Crippen LogP contribution >= 0.6 is 0 Å². The van der Waals surface area contributed by atoms with Crippen LogP contribution in [-0.4, -0.2) is 40.5 Å². The van der Waals surface area contributed by atoms with Gasteiger partial charge in [-0.05, 0) is 38.0 Å². The number of nitrogens with zero attached hydrogens (tertiary/aromatic N) is 2. The van der Waals surface area contributed by atoms with Gasteiger partial charge in [-0.3, -0.25) is 14.7 Å². The number of rotatable bonds is 4. The fraction of sp³-hybridized carbons (Fsp3) is 0.600. The zero-order chi connectivity index (χ0) is 14.8. The van der Waals surface area contributed by atoms with Gasteiger partial charge in [0.25, 0.3) is 0 Å². The fourth-order valence-corrected chi connectivity index (χ4v) is 2.85. The highest BCUT2D eigenvalue weighted by atomic mass is 16.2. The molecule has 1 saturated heterocycles. The summed E-state index contributed by atoms with van der Waals surface area (Å²) in [5.41, 5.74) is 6.92. The highest BCUT2D eigenvalue weighted by Gasteiger charge is 2.43. The molecule has 2 heterocycles. The first kappa shape index (κ1) is 14.9. The summed E-state index contributed by atoms with van der Waals surface area (Å²) in [7, 11) is 0. The molecule has 5 nitrogen and oxygen atoms in total. The van der Waals surface area contributed by atoms with Crippen LogP contribution in [0.5, 0.6) is 0 Å². The van der Waals surface area contributed by atoms with Crippen LogP contribution < -0.4 is 11.1 Å². The van der Waals surface area contributed by atoms with Crippen molar-refractivity contribution in [2.24, 2.45) is 5.73 Å². The third-order valence-corrected chi connectivity index (χ3v) is 4.17. The Labute approximate surface area is 120 Å². The maximum Gasteiger partial charge on any atom is 0.240 e. The average molecular weight is 276 g/mol. The zero-order valence-electron chi connectivity index (χ0n) is 12.5. The van der Waals surface area contributed by atoms with Gasteiger partial charge in [-0.15, -0.1) is 0 Å². The van der Waals surface area contributed by atoms with Crippen molar-refractivity contribution in [2.45, 2.75) is 44.8 Å². The molecule has 1 amide bonds. The van der Waals surface area contributed by atoms with Crippen LogP contribution in [-0.2, 0) is 4.79 Å². The minimum Gasteiger partial charge on any atom is -0.353 e. The van der Waals surface area contributed by atoms with Crippen LogP contribution in [0.1, 0.15) is 38.8 Å². The Morgan fingerprint density at radius 3 is 2.70 bits per heavy atom. The molecule has 2 unspecified atom stereocenters. The van der Waals surface area contributed by atoms with Crippen LogP contribution in [0.15, 0.2) is 24.5 Å². The zero-order valence-corrected chi connectivity index (χ0v) is 12.5. The number of pyridine rings is 1. The van der Waals surface area contributed by atoms with E-state index in [0.29, 0.717) is 6.54 Å². The van der Waals surface area contributed by atoms with Gasteiger partial charge in [0.05, 0.1) is 11.6 Å². The molecule has 1 fully saturated rings. The second kappa shape index (κ2) is 5.89. The molecule has 3 N–H and O–H groups in total. The van der Waals surface area contributed by atoms with E-state index >= 15 is 0 Å². The smallest absolute Gasteiger partial charge is 0.240 e. The van der Waals surface area contributed by atoms with Crippen molar-refractivity contribution in [1.82, 2.24) is 15.2 Å². The monoisotopic (exact) mass is 276 g/mol. The van der Waals surface area contributed by atoms with E-state index < -0.39 is 5.54 Å². The van der Waals surface area contributed by atoms with Crippen LogP contribution in [0.4, 0.5) is 0 Å². The van der Waals surface area contributed by atoms with Gasteiger partial charge in [0.1, 0.15) is 0 Å². The van der Waals surface area contributed by atoms with Crippen LogP contribution in [0, 0.1) is 0 Å². The van der Waals surface area contributed by atoms with E-state index in [1.54, 1.807) is 12.4 Å². The van der Waals surface area contributed by atoms with E-state index in [1.165, 1.54) is 0 Å². The van der Waals surface area contributed by atoms with E-state index in [4.69, 9.17) is 5.73 Å². The number of nitrogens with one attached hydrogen (secondary N) is 1. The lowest BCUT2D eigenvalue weighted by Crippen LogP contribution is -2.64. The molecule has 0 spiro atoms. The average Bonchev–Trinajstić information content (AvgIpc) is 2.45. The second-order valence-corrected chi connectivity index (χ2v) is 5.81. The van der Waals surface area contributed by atoms with Crippen LogP contribution in [0.2, 0.25) is 0 Å². The van der Waals surface area contributed by atoms with Crippen molar-refractivity contribution in [3.05, 3.63) is 30.1 Å². The van der Waals surface area contributed by atoms with Gasteiger partial charge in [-0.1, -0.05) is 6.92 Å². The summed E-state index contributed by atoms with van der Waals surface area (Å²) in [4.78, 5) is 18.5. The molecule has 0 saturated carbocycles. The van der Waals surface area contributed by atoms with Gasteiger partial charge in [0.2, 0.25) is 5.91 Å². The molecule has 2 rings (SSSR count). The number of nitrogens with two attached hydrogens (primary N) is 1. The number of hydrogen-bond donors (Lipinski definition) is 2. The second-order valence-electron chi connectivity index (χ2n) is 5.81. The Morgan fingerprint density at radius 1 is 1.45 bits per heavy atom. The SMILES string of the molecule is CCC(N)C(c1ccncc1)N1CCNC(=O)C1(C)C. The third-order valence-electron chi connectivity index (χ3n) is 4.17. The van der Waals surface area contributed by atoms with Gasteiger partial charge >= 0.3 is 0 Å². The molecule has 2 atom stereocenters. The first-order chi connectivity index (χ1) is 9.48. The molecule has 1 aliphatic rings. The molecular formula is C15H24N4O. The predicted octanol–water partition coefficient (Wildman–Crippen LogP) is 1.07. The number of piperazine rings is 1. The molecule has 1 aliphatic heterocycles. The minimum atomic E-state index is -0.557. The van der Waals surface area contributed by atoms with Gasteiger partial charge < -0.3 is 11.1 Å². The molecule has 0 bridgehead atoms. The topological polar surface area (TPSA) is 71.2 Å². The van der Waals surface area contributed by atoms with Crippen molar-refractivity contribution >= 4 is 5.91 Å². The molecular weight excluding hydrogens is 252 g/mol. The molecule has 5 heteroatoms. The molecule has 1 aromatic rings. The quantitative estimate of drug-likeness (QED) is 0.863. The van der Waals surface area contributed by atoms with Crippen molar-refractivity contribution in [1.29, 1.82) is 0 Å². The van der Waals surface area contributed by atoms with Crippen molar-refractivity contribution in [2.75, 3.05) is 13.1 Å². The maximum absolute atomic E-state index is 12.2. The molecule has 1 aromatic heterocycles. The molecule has 0 aliphatic carbocycles. The van der Waals surface area contributed by atoms with E-state index in [0.717, 1.165) is 18.5 Å². The van der Waals surface area contributed by atoms with Gasteiger partial charge in [0.15, 0.2) is 0 Å². The summed E-state index contributed by atoms with van der Waals surface area (Å²) >= 11 is 0. The molecule has 110 valence electrons. The first-order valence-corrected chi connectivity index (χ1v) is 7.19. The van der Waals surface area contributed by atoms with Crippen LogP contribution in [0.25, 0.3) is 0 Å². The summed E-state index contributed by atoms with van der Waals surface area (Å²) in [5.74, 6) is 0.0612. The minimum absolute atomic E-state index is 0.0115. The van der Waals surface area contributed by atoms with E-state index in [-0.39, 0.29) is 18.0 Å². The highest BCUT2D eigenvalue weighted by molar-refractivity contribution is 5.86. The maximum atomic E-state index is 12.2. The van der Waals surface area contributed by atoms with Gasteiger partial charge in [-0.2, -0.15) is 0 Å². The number of amides is 1. The third kappa shape index (κ3) is 2.69. The molecule has 20 heavy (non-hydrogen) atoms. The number of carbonyl (C=O) groups is 1. The summed E-state index contributed by atoms with van der Waals surface area (Å²) in [5, 5.41) is 2.93. The standard InChI is InChI=1S/C15H24N4O/c1-4-12(16)13(11-5-7-17-8-6-11)19-10-9-18-14(20)15(19,2)3/h5-8,12-13H,4,9-10,16H2,1-3H3,(H,18,20). The van der Waals surface area contributed by atoms with Gasteiger partial charge in [0, 0.05) is 31.5 Å². The van der Waals surface area contributed by atoms with Crippen LogP contribution in [0.3, 0.4) is 0 Å². The number of carbonyl (C=O) groups excluding carboxylic acids is 1. The molecule has 0 aromatic carbocycles. The van der Waals surface area contributed by atoms with Crippen molar-refractivity contribution in [3.8, 4) is 0 Å². The Hall–Kier alpha value is -1.46. The summed E-state index contributed by atoms with van der Waals surface area (Å²) < 4.78 is 0. The van der Waals surface area contributed by atoms with Crippen molar-refractivity contribution in [3.63, 3.8) is 0 Å². The fourth-order valence-electron chi connectivity index (χ4n) is 2.85. The number of hydrogen-bond acceptors (Lipinski definition) is 4. The largest absolute Gasteiger partial charge is 0.353 e. The summed E-state index contributed by atoms with van der Waals surface area (Å²) in [6.45, 7) is 7.46. The summed E-state index contributed by atoms with van der Waals surface area (Å²) in [6, 6.07) is 4.00. The normalized spacial score (nSPS) is 22.1. The highest BCUT2D eigenvalue weighted by Crippen LogP contribution is 2.32. The Morgan fingerprint density at radius 2 is 2.10 bits per heavy atom. The Bertz CT molecular complexity index is 460. The lowest BCUT2D eigenvalue weighted by atomic mass is 9.89. The predicted molar refractivity (Wildman–Crippen MR) is 79.0 cm³/mol. The lowest BCUT2D eigenvalue weighted by molar-refractivity contribution is -0.137. The van der Waals surface area contributed by atoms with Crippen molar-refractivity contribution < 1.29 is 4.79 Å². The lowest BCUT2D eigenvalue weighted by Gasteiger charge is -2.47. The van der Waals surface area contributed by atoms with E-state index in [2.05, 4.69) is 22.1 Å². The van der Waals surface area contributed by atoms with E-state index in [9.17, 15) is 4.79 Å².